The minimum Gasteiger partial charge on any atom is -0.399 e. The second kappa shape index (κ2) is 8.66. The summed E-state index contributed by atoms with van der Waals surface area (Å²) in [6, 6.07) is 8.72. The summed E-state index contributed by atoms with van der Waals surface area (Å²) < 4.78 is 12.3. The number of benzene rings is 1. The van der Waals surface area contributed by atoms with Crippen LogP contribution in [-0.4, -0.2) is 43.4 Å². The van der Waals surface area contributed by atoms with Crippen LogP contribution in [0.2, 0.25) is 0 Å². The van der Waals surface area contributed by atoms with Crippen LogP contribution in [-0.2, 0) is 14.1 Å². The summed E-state index contributed by atoms with van der Waals surface area (Å²) in [5.41, 5.74) is 1.59. The van der Waals surface area contributed by atoms with Crippen molar-refractivity contribution in [2.24, 2.45) is 0 Å². The molecule has 2 fully saturated rings. The molecular formula is C21H35BN2O3. The van der Waals surface area contributed by atoms with E-state index in [2.05, 4.69) is 62.2 Å². The number of carbonyl (C=O) groups is 1. The molecule has 0 aliphatic carbocycles. The summed E-state index contributed by atoms with van der Waals surface area (Å²) in [5.74, 6) is 0.0567. The third-order valence-corrected chi connectivity index (χ3v) is 5.66. The first-order valence-electron chi connectivity index (χ1n) is 10.2. The van der Waals surface area contributed by atoms with Gasteiger partial charge in [0.05, 0.1) is 11.2 Å². The second-order valence-electron chi connectivity index (χ2n) is 8.15. The first-order valence-corrected chi connectivity index (χ1v) is 10.2. The van der Waals surface area contributed by atoms with E-state index in [0.717, 1.165) is 31.4 Å². The maximum absolute atomic E-state index is 11.2. The zero-order chi connectivity index (χ0) is 20.2. The van der Waals surface area contributed by atoms with E-state index in [4.69, 9.17) is 9.31 Å². The predicted octanol–water partition coefficient (Wildman–Crippen LogP) is 3.12. The van der Waals surface area contributed by atoms with Gasteiger partial charge in [0.2, 0.25) is 5.91 Å². The van der Waals surface area contributed by atoms with Crippen molar-refractivity contribution in [3.05, 3.63) is 24.3 Å². The number of nitrogens with zero attached hydrogens (tertiary/aromatic N) is 1. The molecule has 0 bridgehead atoms. The molecular weight excluding hydrogens is 339 g/mol. The number of hydrogen-bond acceptors (Lipinski definition) is 4. The van der Waals surface area contributed by atoms with Crippen LogP contribution in [0.1, 0.15) is 61.3 Å². The lowest BCUT2D eigenvalue weighted by Gasteiger charge is -2.34. The first-order chi connectivity index (χ1) is 12.7. The van der Waals surface area contributed by atoms with Gasteiger partial charge in [0, 0.05) is 31.7 Å². The molecule has 3 rings (SSSR count). The summed E-state index contributed by atoms with van der Waals surface area (Å²) in [6.45, 7) is 15.8. The van der Waals surface area contributed by atoms with Crippen molar-refractivity contribution in [1.29, 1.82) is 0 Å². The first kappa shape index (κ1) is 21.8. The third kappa shape index (κ3) is 5.05. The van der Waals surface area contributed by atoms with E-state index in [-0.39, 0.29) is 24.2 Å². The lowest BCUT2D eigenvalue weighted by atomic mass is 9.79. The molecule has 1 N–H and O–H groups in total. The molecule has 27 heavy (non-hydrogen) atoms. The van der Waals surface area contributed by atoms with Crippen LogP contribution < -0.4 is 15.7 Å². The molecule has 1 amide bonds. The minimum atomic E-state index is -0.332. The van der Waals surface area contributed by atoms with E-state index in [1.54, 1.807) is 6.92 Å². The molecule has 2 saturated heterocycles. The number of amides is 1. The molecule has 0 atom stereocenters. The van der Waals surface area contributed by atoms with Crippen LogP contribution in [0.5, 0.6) is 0 Å². The Labute approximate surface area is 164 Å². The third-order valence-electron chi connectivity index (χ3n) is 5.66. The quantitative estimate of drug-likeness (QED) is 0.826. The smallest absolute Gasteiger partial charge is 0.399 e. The van der Waals surface area contributed by atoms with Crippen molar-refractivity contribution in [3.8, 4) is 0 Å². The van der Waals surface area contributed by atoms with Crippen LogP contribution in [0.25, 0.3) is 0 Å². The standard InChI is InChI=1S/C19H29BN2O3.C2H6/c1-14(23)21-16-9-11-22(12-10-16)17-8-6-7-15(13-17)20-24-18(2,3)19(4,5)25-20;1-2/h6-8,13,16H,9-12H2,1-5H3,(H,21,23);1-2H3. The van der Waals surface area contributed by atoms with Gasteiger partial charge in [-0.1, -0.05) is 26.0 Å². The highest BCUT2D eigenvalue weighted by Crippen LogP contribution is 2.36. The number of nitrogens with one attached hydrogen (secondary N) is 1. The molecule has 1 aromatic carbocycles. The van der Waals surface area contributed by atoms with Crippen molar-refractivity contribution in [2.75, 3.05) is 18.0 Å². The maximum atomic E-state index is 11.2. The Morgan fingerprint density at radius 1 is 1.11 bits per heavy atom. The van der Waals surface area contributed by atoms with Crippen molar-refractivity contribution < 1.29 is 14.1 Å². The van der Waals surface area contributed by atoms with Crippen molar-refractivity contribution in [2.45, 2.75) is 78.6 Å². The highest BCUT2D eigenvalue weighted by atomic mass is 16.7. The highest BCUT2D eigenvalue weighted by Gasteiger charge is 2.51. The molecule has 2 aliphatic heterocycles. The van der Waals surface area contributed by atoms with Gasteiger partial charge in [-0.25, -0.2) is 0 Å². The van der Waals surface area contributed by atoms with E-state index in [1.165, 1.54) is 5.69 Å². The Morgan fingerprint density at radius 2 is 1.67 bits per heavy atom. The fraction of sp³-hybridized carbons (Fsp3) is 0.667. The zero-order valence-corrected chi connectivity index (χ0v) is 18.0. The topological polar surface area (TPSA) is 50.8 Å². The number of hydrogen-bond donors (Lipinski definition) is 1. The van der Waals surface area contributed by atoms with Gasteiger partial charge in [0.15, 0.2) is 0 Å². The summed E-state index contributed by atoms with van der Waals surface area (Å²) in [5, 5.41) is 3.02. The van der Waals surface area contributed by atoms with Crippen molar-refractivity contribution in [1.82, 2.24) is 5.32 Å². The molecule has 0 radical (unpaired) electrons. The molecule has 5 nitrogen and oxygen atoms in total. The fourth-order valence-corrected chi connectivity index (χ4v) is 3.42. The SMILES string of the molecule is CC.CC(=O)NC1CCN(c2cccc(B3OC(C)(C)C(C)(C)O3)c2)CC1. The Morgan fingerprint density at radius 3 is 2.19 bits per heavy atom. The van der Waals surface area contributed by atoms with Crippen LogP contribution in [0.15, 0.2) is 24.3 Å². The highest BCUT2D eigenvalue weighted by molar-refractivity contribution is 6.62. The van der Waals surface area contributed by atoms with Crippen LogP contribution in [0.4, 0.5) is 5.69 Å². The van der Waals surface area contributed by atoms with Crippen LogP contribution in [0, 0.1) is 0 Å². The fourth-order valence-electron chi connectivity index (χ4n) is 3.42. The molecule has 150 valence electrons. The van der Waals surface area contributed by atoms with Crippen LogP contribution in [0.3, 0.4) is 0 Å². The normalized spacial score (nSPS) is 21.4. The Kier molecular flexibility index (Phi) is 6.98. The van der Waals surface area contributed by atoms with Gasteiger partial charge < -0.3 is 19.5 Å². The summed E-state index contributed by atoms with van der Waals surface area (Å²) in [4.78, 5) is 13.6. The van der Waals surface area contributed by atoms with Gasteiger partial charge in [-0.2, -0.15) is 0 Å². The number of rotatable bonds is 3. The van der Waals surface area contributed by atoms with E-state index in [9.17, 15) is 4.79 Å². The molecule has 0 aromatic heterocycles. The molecule has 0 unspecified atom stereocenters. The van der Waals surface area contributed by atoms with E-state index in [0.29, 0.717) is 6.04 Å². The van der Waals surface area contributed by atoms with Gasteiger partial charge in [-0.15, -0.1) is 0 Å². The van der Waals surface area contributed by atoms with E-state index in [1.807, 2.05) is 13.8 Å². The van der Waals surface area contributed by atoms with E-state index >= 15 is 0 Å². The van der Waals surface area contributed by atoms with Gasteiger partial charge >= 0.3 is 7.12 Å². The number of carbonyl (C=O) groups excluding carboxylic acids is 1. The van der Waals surface area contributed by atoms with Gasteiger partial charge in [-0.3, -0.25) is 4.79 Å². The lowest BCUT2D eigenvalue weighted by Crippen LogP contribution is -2.44. The molecule has 2 heterocycles. The largest absolute Gasteiger partial charge is 0.494 e. The molecule has 6 heteroatoms. The average Bonchev–Trinajstić information content (AvgIpc) is 2.85. The maximum Gasteiger partial charge on any atom is 0.494 e. The van der Waals surface area contributed by atoms with Crippen LogP contribution >= 0.6 is 0 Å². The lowest BCUT2D eigenvalue weighted by molar-refractivity contribution is -0.119. The number of piperidine rings is 1. The second-order valence-corrected chi connectivity index (χ2v) is 8.15. The monoisotopic (exact) mass is 374 g/mol. The van der Waals surface area contributed by atoms with Gasteiger partial charge in [-0.05, 0) is 58.1 Å². The summed E-state index contributed by atoms with van der Waals surface area (Å²) in [7, 11) is -0.332. The van der Waals surface area contributed by atoms with Crippen molar-refractivity contribution >= 4 is 24.2 Å². The Hall–Kier alpha value is -1.53. The molecule has 0 saturated carbocycles. The van der Waals surface area contributed by atoms with Crippen molar-refractivity contribution in [3.63, 3.8) is 0 Å². The Balaban J connectivity index is 0.00000126. The minimum absolute atomic E-state index is 0.0567. The molecule has 2 aliphatic rings. The van der Waals surface area contributed by atoms with E-state index < -0.39 is 0 Å². The predicted molar refractivity (Wildman–Crippen MR) is 113 cm³/mol. The average molecular weight is 374 g/mol. The van der Waals surface area contributed by atoms with Gasteiger partial charge in [0.1, 0.15) is 0 Å². The Bertz CT molecular complexity index is 624. The summed E-state index contributed by atoms with van der Waals surface area (Å²) >= 11 is 0. The summed E-state index contributed by atoms with van der Waals surface area (Å²) in [6.07, 6.45) is 1.95. The van der Waals surface area contributed by atoms with Gasteiger partial charge in [0.25, 0.3) is 0 Å². The molecule has 1 aromatic rings. The molecule has 0 spiro atoms. The zero-order valence-electron chi connectivity index (χ0n) is 18.0. The number of anilines is 1.